The molecule has 0 bridgehead atoms. The van der Waals surface area contributed by atoms with Gasteiger partial charge < -0.3 is 9.47 Å². The Balaban J connectivity index is 2.17. The first kappa shape index (κ1) is 11.9. The van der Waals surface area contributed by atoms with E-state index in [1.807, 2.05) is 43.5 Å². The predicted molar refractivity (Wildman–Crippen MR) is 69.9 cm³/mol. The summed E-state index contributed by atoms with van der Waals surface area (Å²) in [7, 11) is 1.62. The van der Waals surface area contributed by atoms with Gasteiger partial charge in [0.05, 0.1) is 18.6 Å². The van der Waals surface area contributed by atoms with Crippen LogP contribution in [0.15, 0.2) is 29.6 Å². The normalized spacial score (nSPS) is 10.6. The second-order valence-electron chi connectivity index (χ2n) is 3.89. The molecule has 2 aromatic rings. The van der Waals surface area contributed by atoms with Crippen LogP contribution >= 0.6 is 11.3 Å². The lowest BCUT2D eigenvalue weighted by Crippen LogP contribution is -2.05. The summed E-state index contributed by atoms with van der Waals surface area (Å²) in [6.45, 7) is 4.03. The summed E-state index contributed by atoms with van der Waals surface area (Å²) in [5, 5.41) is 2.85. The largest absolute Gasteiger partial charge is 0.491 e. The third kappa shape index (κ3) is 2.97. The van der Waals surface area contributed by atoms with E-state index in [4.69, 9.17) is 9.47 Å². The fourth-order valence-electron chi connectivity index (χ4n) is 1.43. The minimum atomic E-state index is 0.195. The summed E-state index contributed by atoms with van der Waals surface area (Å²) >= 11 is 1.57. The number of benzene rings is 1. The van der Waals surface area contributed by atoms with E-state index in [1.165, 1.54) is 0 Å². The highest BCUT2D eigenvalue weighted by atomic mass is 32.1. The first-order valence-electron chi connectivity index (χ1n) is 5.45. The predicted octanol–water partition coefficient (Wildman–Crippen LogP) is 3.61. The first-order chi connectivity index (χ1) is 8.19. The van der Waals surface area contributed by atoms with Crippen molar-refractivity contribution >= 4 is 11.3 Å². The van der Waals surface area contributed by atoms with Crippen molar-refractivity contribution in [1.29, 1.82) is 0 Å². The topological polar surface area (TPSA) is 31.4 Å². The minimum absolute atomic E-state index is 0.195. The third-order valence-corrected chi connectivity index (χ3v) is 3.04. The number of nitrogens with zero attached hydrogens (tertiary/aromatic N) is 1. The van der Waals surface area contributed by atoms with Crippen LogP contribution in [0.5, 0.6) is 11.6 Å². The van der Waals surface area contributed by atoms with Crippen molar-refractivity contribution in [2.45, 2.75) is 20.0 Å². The molecule has 0 N–H and O–H groups in total. The maximum absolute atomic E-state index is 5.59. The Morgan fingerprint density at radius 3 is 2.41 bits per heavy atom. The van der Waals surface area contributed by atoms with Crippen molar-refractivity contribution in [2.75, 3.05) is 7.11 Å². The van der Waals surface area contributed by atoms with Crippen molar-refractivity contribution in [1.82, 2.24) is 4.98 Å². The van der Waals surface area contributed by atoms with Crippen molar-refractivity contribution in [3.05, 3.63) is 29.6 Å². The van der Waals surface area contributed by atoms with Crippen LogP contribution in [-0.4, -0.2) is 18.2 Å². The number of thiazole rings is 1. The summed E-state index contributed by atoms with van der Waals surface area (Å²) in [6.07, 6.45) is 0.195. The number of rotatable bonds is 4. The first-order valence-corrected chi connectivity index (χ1v) is 6.33. The molecule has 1 aromatic carbocycles. The van der Waals surface area contributed by atoms with Gasteiger partial charge in [0.25, 0.3) is 0 Å². The quantitative estimate of drug-likeness (QED) is 0.829. The van der Waals surface area contributed by atoms with E-state index in [0.29, 0.717) is 5.88 Å². The third-order valence-electron chi connectivity index (χ3n) is 2.17. The molecule has 2 rings (SSSR count). The van der Waals surface area contributed by atoms with Gasteiger partial charge >= 0.3 is 0 Å². The number of methoxy groups -OCH3 is 1. The Hall–Kier alpha value is -1.55. The van der Waals surface area contributed by atoms with Crippen LogP contribution in [0.2, 0.25) is 0 Å². The molecule has 0 spiro atoms. The molecule has 1 aromatic heterocycles. The Bertz CT molecular complexity index is 476. The molecule has 3 nitrogen and oxygen atoms in total. The molecule has 0 amide bonds. The van der Waals surface area contributed by atoms with E-state index in [1.54, 1.807) is 18.4 Å². The van der Waals surface area contributed by atoms with Crippen LogP contribution in [0.3, 0.4) is 0 Å². The van der Waals surface area contributed by atoms with Gasteiger partial charge in [-0.25, -0.2) is 4.98 Å². The second-order valence-corrected chi connectivity index (χ2v) is 4.74. The molecule has 0 aliphatic carbocycles. The second kappa shape index (κ2) is 5.19. The zero-order valence-electron chi connectivity index (χ0n) is 10.1. The van der Waals surface area contributed by atoms with Gasteiger partial charge in [-0.05, 0) is 38.1 Å². The highest BCUT2D eigenvalue weighted by Crippen LogP contribution is 2.28. The number of hydrogen-bond acceptors (Lipinski definition) is 4. The van der Waals surface area contributed by atoms with Crippen molar-refractivity contribution < 1.29 is 9.47 Å². The molecule has 0 aliphatic rings. The lowest BCUT2D eigenvalue weighted by atomic mass is 10.2. The number of hydrogen-bond donors (Lipinski definition) is 0. The summed E-state index contributed by atoms with van der Waals surface area (Å²) in [5.41, 5.74) is 1.08. The average Bonchev–Trinajstić information content (AvgIpc) is 2.78. The Morgan fingerprint density at radius 1 is 1.18 bits per heavy atom. The van der Waals surface area contributed by atoms with E-state index in [2.05, 4.69) is 4.98 Å². The zero-order valence-corrected chi connectivity index (χ0v) is 11.0. The smallest absolute Gasteiger partial charge is 0.224 e. The molecule has 0 saturated heterocycles. The van der Waals surface area contributed by atoms with Crippen LogP contribution in [0.1, 0.15) is 13.8 Å². The fourth-order valence-corrected chi connectivity index (χ4v) is 2.21. The molecule has 17 heavy (non-hydrogen) atoms. The van der Waals surface area contributed by atoms with E-state index in [-0.39, 0.29) is 6.10 Å². The van der Waals surface area contributed by atoms with Gasteiger partial charge in [-0.15, -0.1) is 11.3 Å². The summed E-state index contributed by atoms with van der Waals surface area (Å²) in [5.74, 6) is 1.54. The maximum Gasteiger partial charge on any atom is 0.224 e. The highest BCUT2D eigenvalue weighted by Gasteiger charge is 2.05. The molecule has 4 heteroatoms. The molecular formula is C13H15NO2S. The maximum atomic E-state index is 5.59. The molecule has 1 heterocycles. The minimum Gasteiger partial charge on any atom is -0.491 e. The standard InChI is InChI=1S/C13H15NO2S/c1-9(2)16-11-6-4-10(5-7-11)13-14-12(15-3)8-17-13/h4-9H,1-3H3. The van der Waals surface area contributed by atoms with Crippen LogP contribution in [0.25, 0.3) is 10.6 Å². The van der Waals surface area contributed by atoms with Gasteiger partial charge in [0, 0.05) is 5.56 Å². The lowest BCUT2D eigenvalue weighted by Gasteiger charge is -2.09. The highest BCUT2D eigenvalue weighted by molar-refractivity contribution is 7.13. The van der Waals surface area contributed by atoms with Gasteiger partial charge in [0.2, 0.25) is 5.88 Å². The Morgan fingerprint density at radius 2 is 1.88 bits per heavy atom. The molecule has 0 fully saturated rings. The SMILES string of the molecule is COc1csc(-c2ccc(OC(C)C)cc2)n1. The monoisotopic (exact) mass is 249 g/mol. The van der Waals surface area contributed by atoms with E-state index in [9.17, 15) is 0 Å². The van der Waals surface area contributed by atoms with Crippen molar-refractivity contribution in [2.24, 2.45) is 0 Å². The van der Waals surface area contributed by atoms with E-state index >= 15 is 0 Å². The Kier molecular flexibility index (Phi) is 3.64. The van der Waals surface area contributed by atoms with E-state index in [0.717, 1.165) is 16.3 Å². The zero-order chi connectivity index (χ0) is 12.3. The number of aromatic nitrogens is 1. The van der Waals surface area contributed by atoms with Gasteiger partial charge in [0.15, 0.2) is 0 Å². The Labute approximate surface area is 105 Å². The molecular weight excluding hydrogens is 234 g/mol. The van der Waals surface area contributed by atoms with E-state index < -0.39 is 0 Å². The van der Waals surface area contributed by atoms with Crippen LogP contribution in [-0.2, 0) is 0 Å². The fraction of sp³-hybridized carbons (Fsp3) is 0.308. The molecule has 0 radical (unpaired) electrons. The molecule has 90 valence electrons. The van der Waals surface area contributed by atoms with Gasteiger partial charge in [-0.3, -0.25) is 0 Å². The van der Waals surface area contributed by atoms with Gasteiger partial charge in [-0.1, -0.05) is 0 Å². The van der Waals surface area contributed by atoms with Crippen molar-refractivity contribution in [3.8, 4) is 22.2 Å². The van der Waals surface area contributed by atoms with Crippen LogP contribution in [0.4, 0.5) is 0 Å². The van der Waals surface area contributed by atoms with Gasteiger partial charge in [0.1, 0.15) is 10.8 Å². The average molecular weight is 249 g/mol. The van der Waals surface area contributed by atoms with Gasteiger partial charge in [-0.2, -0.15) is 0 Å². The number of ether oxygens (including phenoxy) is 2. The molecule has 0 unspecified atom stereocenters. The lowest BCUT2D eigenvalue weighted by molar-refractivity contribution is 0.242. The molecule has 0 aliphatic heterocycles. The van der Waals surface area contributed by atoms with Crippen LogP contribution in [0, 0.1) is 0 Å². The summed E-state index contributed by atoms with van der Waals surface area (Å²) < 4.78 is 10.7. The summed E-state index contributed by atoms with van der Waals surface area (Å²) in [4.78, 5) is 4.35. The van der Waals surface area contributed by atoms with Crippen LogP contribution < -0.4 is 9.47 Å². The molecule has 0 saturated carbocycles. The van der Waals surface area contributed by atoms with Crippen molar-refractivity contribution in [3.63, 3.8) is 0 Å². The summed E-state index contributed by atoms with van der Waals surface area (Å²) in [6, 6.07) is 7.94. The molecule has 0 atom stereocenters.